The lowest BCUT2D eigenvalue weighted by atomic mass is 10.0. The van der Waals surface area contributed by atoms with Crippen LogP contribution in [0.15, 0.2) is 72.9 Å². The average molecular weight is 1100 g/mol. The van der Waals surface area contributed by atoms with E-state index < -0.39 is 20.0 Å². The summed E-state index contributed by atoms with van der Waals surface area (Å²) in [6.45, 7) is 6.98. The fraction of sp³-hybridized carbons (Fsp3) is 0.791. The third-order valence-corrected chi connectivity index (χ3v) is 15.1. The standard InChI is InChI=1S/C67H123N2O7P/c1-7-10-13-16-19-22-25-28-30-32-34-36-38-41-44-47-50-53-56-59-66(70)68-64(63-75-77(72,73)74-62-61-69(4,5)6)65(58-55-52-49-46-43-40-27-24-21-18-15-12-9-3)76-67(71)60-57-54-51-48-45-42-39-37-35-33-31-29-26-23-20-17-14-11-8-2/h20,23,28-31,35,37,42,45,55,58,64-65H,7-19,21-22,24-27,32-34,36,38-41,43-44,46-54,56-57,59-63H2,1-6H3,(H-,68,70,72,73)/p+1/b23-20-,30-28+,31-29-,37-35-,45-42-,58-55+. The van der Waals surface area contributed by atoms with Crippen LogP contribution < -0.4 is 5.32 Å². The van der Waals surface area contributed by atoms with Crippen LogP contribution in [0.4, 0.5) is 0 Å². The summed E-state index contributed by atoms with van der Waals surface area (Å²) in [7, 11) is 1.48. The minimum atomic E-state index is -4.46. The van der Waals surface area contributed by atoms with Gasteiger partial charge in [-0.2, -0.15) is 0 Å². The lowest BCUT2D eigenvalue weighted by Gasteiger charge is -2.27. The van der Waals surface area contributed by atoms with E-state index in [2.05, 4.69) is 86.8 Å². The number of phosphoric acid groups is 1. The van der Waals surface area contributed by atoms with Gasteiger partial charge in [-0.05, 0) is 102 Å². The van der Waals surface area contributed by atoms with E-state index in [1.165, 1.54) is 173 Å². The molecule has 0 spiro atoms. The first-order chi connectivity index (χ1) is 37.4. The van der Waals surface area contributed by atoms with Crippen molar-refractivity contribution in [3.8, 4) is 0 Å². The van der Waals surface area contributed by atoms with Gasteiger partial charge in [0.15, 0.2) is 0 Å². The Kier molecular flexibility index (Phi) is 54.8. The van der Waals surface area contributed by atoms with Crippen LogP contribution in [0.3, 0.4) is 0 Å². The summed E-state index contributed by atoms with van der Waals surface area (Å²) in [5.74, 6) is -0.539. The molecule has 0 heterocycles. The highest BCUT2D eigenvalue weighted by molar-refractivity contribution is 7.47. The lowest BCUT2D eigenvalue weighted by Crippen LogP contribution is -2.47. The number of hydrogen-bond acceptors (Lipinski definition) is 6. The molecule has 3 unspecified atom stereocenters. The molecule has 77 heavy (non-hydrogen) atoms. The van der Waals surface area contributed by atoms with E-state index in [9.17, 15) is 19.0 Å². The first-order valence-corrected chi connectivity index (χ1v) is 33.8. The number of ether oxygens (including phenoxy) is 1. The molecule has 0 fully saturated rings. The zero-order valence-corrected chi connectivity index (χ0v) is 52.1. The van der Waals surface area contributed by atoms with E-state index in [1.807, 2.05) is 33.3 Å². The molecule has 0 radical (unpaired) electrons. The number of amides is 1. The highest BCUT2D eigenvalue weighted by atomic mass is 31.2. The van der Waals surface area contributed by atoms with Crippen LogP contribution in [0.2, 0.25) is 0 Å². The number of hydrogen-bond donors (Lipinski definition) is 2. The second kappa shape index (κ2) is 56.7. The van der Waals surface area contributed by atoms with Gasteiger partial charge in [-0.3, -0.25) is 18.6 Å². The number of carbonyl (C=O) groups is 2. The Morgan fingerprint density at radius 2 is 0.792 bits per heavy atom. The molecule has 3 atom stereocenters. The third kappa shape index (κ3) is 57.9. The Bertz CT molecular complexity index is 1550. The minimum absolute atomic E-state index is 0.0327. The van der Waals surface area contributed by atoms with Crippen LogP contribution in [0.1, 0.15) is 290 Å². The largest absolute Gasteiger partial charge is 0.472 e. The van der Waals surface area contributed by atoms with Gasteiger partial charge in [0.1, 0.15) is 19.3 Å². The number of unbranched alkanes of at least 4 members (excludes halogenated alkanes) is 32. The zero-order valence-electron chi connectivity index (χ0n) is 51.2. The molecule has 0 aromatic carbocycles. The van der Waals surface area contributed by atoms with Crippen LogP contribution in [0, 0.1) is 0 Å². The van der Waals surface area contributed by atoms with Crippen molar-refractivity contribution >= 4 is 19.7 Å². The number of quaternary nitrogens is 1. The summed E-state index contributed by atoms with van der Waals surface area (Å²) in [6, 6.07) is -0.865. The average Bonchev–Trinajstić information content (AvgIpc) is 3.39. The minimum Gasteiger partial charge on any atom is -0.456 e. The molecule has 0 saturated carbocycles. The second-order valence-corrected chi connectivity index (χ2v) is 24.4. The Morgan fingerprint density at radius 1 is 0.455 bits per heavy atom. The zero-order chi connectivity index (χ0) is 56.4. The van der Waals surface area contributed by atoms with Gasteiger partial charge in [0.05, 0.1) is 33.8 Å². The Labute approximate surface area is 476 Å². The molecule has 10 heteroatoms. The van der Waals surface area contributed by atoms with E-state index in [1.54, 1.807) is 0 Å². The fourth-order valence-electron chi connectivity index (χ4n) is 9.10. The van der Waals surface area contributed by atoms with Gasteiger partial charge >= 0.3 is 13.8 Å². The molecular formula is C67H124N2O7P+. The Hall–Kier alpha value is -2.55. The summed E-state index contributed by atoms with van der Waals surface area (Å²) in [6.07, 6.45) is 73.2. The van der Waals surface area contributed by atoms with Gasteiger partial charge in [0.25, 0.3) is 0 Å². The van der Waals surface area contributed by atoms with Crippen molar-refractivity contribution in [1.29, 1.82) is 0 Å². The third-order valence-electron chi connectivity index (χ3n) is 14.1. The summed E-state index contributed by atoms with van der Waals surface area (Å²) in [4.78, 5) is 37.8. The predicted molar refractivity (Wildman–Crippen MR) is 332 cm³/mol. The first kappa shape index (κ1) is 74.5. The van der Waals surface area contributed by atoms with E-state index in [4.69, 9.17) is 13.8 Å². The maximum atomic E-state index is 13.6. The second-order valence-electron chi connectivity index (χ2n) is 22.9. The van der Waals surface area contributed by atoms with Crippen molar-refractivity contribution in [3.63, 3.8) is 0 Å². The Morgan fingerprint density at radius 3 is 1.23 bits per heavy atom. The summed E-state index contributed by atoms with van der Waals surface area (Å²) in [5.41, 5.74) is 0. The SMILES string of the molecule is CCCCC/C=C\C/C=C\C/C=C\C/C=C\CCCCCC(=O)OC(/C=C/CCCCCCCCCCCCC)C(COP(=O)(O)OCC[N+](C)(C)C)NC(=O)CCCCCCCCCCC/C=C/CCCCCCCC. The molecule has 448 valence electrons. The normalized spacial score (nSPS) is 14.1. The quantitative estimate of drug-likeness (QED) is 0.0205. The van der Waals surface area contributed by atoms with E-state index >= 15 is 0 Å². The lowest BCUT2D eigenvalue weighted by molar-refractivity contribution is -0.870. The van der Waals surface area contributed by atoms with E-state index in [0.29, 0.717) is 23.9 Å². The predicted octanol–water partition coefficient (Wildman–Crippen LogP) is 20.0. The number of phosphoric ester groups is 1. The van der Waals surface area contributed by atoms with Crippen molar-refractivity contribution in [2.75, 3.05) is 40.9 Å². The van der Waals surface area contributed by atoms with Crippen LogP contribution in [-0.4, -0.2) is 74.3 Å². The Balaban J connectivity index is 5.32. The molecule has 0 aromatic rings. The van der Waals surface area contributed by atoms with Crippen molar-refractivity contribution in [3.05, 3.63) is 72.9 Å². The molecule has 2 N–H and O–H groups in total. The topological polar surface area (TPSA) is 111 Å². The van der Waals surface area contributed by atoms with Crippen molar-refractivity contribution in [2.45, 2.75) is 303 Å². The molecule has 1 amide bonds. The highest BCUT2D eigenvalue weighted by Crippen LogP contribution is 2.43. The summed E-state index contributed by atoms with van der Waals surface area (Å²) < 4.78 is 30.7. The van der Waals surface area contributed by atoms with Crippen molar-refractivity contribution < 1.29 is 37.3 Å². The van der Waals surface area contributed by atoms with Crippen LogP contribution in [0.5, 0.6) is 0 Å². The number of likely N-dealkylation sites (N-methyl/N-ethyl adjacent to an activating group) is 1. The van der Waals surface area contributed by atoms with Gasteiger partial charge in [0, 0.05) is 12.8 Å². The summed E-state index contributed by atoms with van der Waals surface area (Å²) in [5, 5.41) is 3.05. The fourth-order valence-corrected chi connectivity index (χ4v) is 9.83. The number of nitrogens with zero attached hydrogens (tertiary/aromatic N) is 1. The molecule has 9 nitrogen and oxygen atoms in total. The summed E-state index contributed by atoms with van der Waals surface area (Å²) >= 11 is 0. The monoisotopic (exact) mass is 1100 g/mol. The number of allylic oxidation sites excluding steroid dienone is 11. The van der Waals surface area contributed by atoms with Crippen molar-refractivity contribution in [2.24, 2.45) is 0 Å². The highest BCUT2D eigenvalue weighted by Gasteiger charge is 2.30. The molecule has 0 bridgehead atoms. The van der Waals surface area contributed by atoms with Crippen LogP contribution >= 0.6 is 7.82 Å². The van der Waals surface area contributed by atoms with Gasteiger partial charge in [-0.1, -0.05) is 248 Å². The molecule has 0 aromatic heterocycles. The van der Waals surface area contributed by atoms with E-state index in [-0.39, 0.29) is 31.5 Å². The number of rotatable bonds is 58. The number of nitrogens with one attached hydrogen (secondary N) is 1. The van der Waals surface area contributed by atoms with Gasteiger partial charge in [-0.25, -0.2) is 4.57 Å². The molecule has 0 aliphatic carbocycles. The molecule has 0 saturated heterocycles. The van der Waals surface area contributed by atoms with Crippen LogP contribution in [-0.2, 0) is 27.9 Å². The van der Waals surface area contributed by atoms with Gasteiger partial charge in [0.2, 0.25) is 5.91 Å². The molecule has 0 aliphatic heterocycles. The smallest absolute Gasteiger partial charge is 0.456 e. The van der Waals surface area contributed by atoms with Crippen molar-refractivity contribution in [1.82, 2.24) is 5.32 Å². The first-order valence-electron chi connectivity index (χ1n) is 32.3. The molecular weight excluding hydrogens is 976 g/mol. The number of esters is 1. The van der Waals surface area contributed by atoms with Crippen LogP contribution in [0.25, 0.3) is 0 Å². The van der Waals surface area contributed by atoms with Gasteiger partial charge in [-0.15, -0.1) is 0 Å². The number of carbonyl (C=O) groups excluding carboxylic acids is 2. The maximum Gasteiger partial charge on any atom is 0.472 e. The van der Waals surface area contributed by atoms with E-state index in [0.717, 1.165) is 77.0 Å². The maximum absolute atomic E-state index is 13.6. The molecule has 0 aliphatic rings. The van der Waals surface area contributed by atoms with Gasteiger partial charge < -0.3 is 19.4 Å². The molecule has 0 rings (SSSR count).